The van der Waals surface area contributed by atoms with Gasteiger partial charge in [-0.2, -0.15) is 17.0 Å². The van der Waals surface area contributed by atoms with Crippen LogP contribution in [0.25, 0.3) is 0 Å². The van der Waals surface area contributed by atoms with E-state index in [0.29, 0.717) is 25.6 Å². The maximum atomic E-state index is 13.3. The molecular weight excluding hydrogens is 317 g/mol. The molecule has 23 heavy (non-hydrogen) atoms. The SMILES string of the molecule is Cc1ccc(F)cc1CNCC1CCN(S(=O)(=O)N(C)C)CC1. The third-order valence-electron chi connectivity index (χ3n) is 4.42. The van der Waals surface area contributed by atoms with E-state index in [4.69, 9.17) is 0 Å². The van der Waals surface area contributed by atoms with Gasteiger partial charge in [0.2, 0.25) is 0 Å². The van der Waals surface area contributed by atoms with Gasteiger partial charge in [-0.25, -0.2) is 4.39 Å². The number of nitrogens with one attached hydrogen (secondary N) is 1. The van der Waals surface area contributed by atoms with Crippen molar-refractivity contribution in [2.45, 2.75) is 26.3 Å². The molecule has 0 bridgehead atoms. The van der Waals surface area contributed by atoms with Crippen LogP contribution in [0.4, 0.5) is 4.39 Å². The second-order valence-electron chi connectivity index (χ2n) is 6.33. The lowest BCUT2D eigenvalue weighted by atomic mass is 9.98. The summed E-state index contributed by atoms with van der Waals surface area (Å²) in [5, 5.41) is 3.37. The van der Waals surface area contributed by atoms with Crippen LogP contribution in [0.5, 0.6) is 0 Å². The van der Waals surface area contributed by atoms with E-state index in [1.807, 2.05) is 6.92 Å². The van der Waals surface area contributed by atoms with Gasteiger partial charge in [-0.15, -0.1) is 0 Å². The lowest BCUT2D eigenvalue weighted by Crippen LogP contribution is -2.45. The Balaban J connectivity index is 1.78. The normalized spacial score (nSPS) is 17.8. The molecule has 1 N–H and O–H groups in total. The molecule has 1 aromatic rings. The Kier molecular flexibility index (Phi) is 6.13. The maximum absolute atomic E-state index is 13.3. The highest BCUT2D eigenvalue weighted by Crippen LogP contribution is 2.20. The number of nitrogens with zero attached hydrogens (tertiary/aromatic N) is 2. The van der Waals surface area contributed by atoms with E-state index < -0.39 is 10.2 Å². The first-order chi connectivity index (χ1) is 10.8. The number of rotatable bonds is 6. The minimum Gasteiger partial charge on any atom is -0.312 e. The summed E-state index contributed by atoms with van der Waals surface area (Å²) < 4.78 is 40.2. The Morgan fingerprint density at radius 2 is 1.96 bits per heavy atom. The molecule has 1 heterocycles. The Bertz CT molecular complexity index is 626. The highest BCUT2D eigenvalue weighted by Gasteiger charge is 2.29. The molecule has 1 saturated heterocycles. The van der Waals surface area contributed by atoms with Crippen molar-refractivity contribution in [2.24, 2.45) is 5.92 Å². The maximum Gasteiger partial charge on any atom is 0.281 e. The van der Waals surface area contributed by atoms with Gasteiger partial charge < -0.3 is 5.32 Å². The number of aryl methyl sites for hydroxylation is 1. The van der Waals surface area contributed by atoms with Gasteiger partial charge in [0.1, 0.15) is 5.82 Å². The average molecular weight is 343 g/mol. The van der Waals surface area contributed by atoms with Crippen molar-refractivity contribution in [1.29, 1.82) is 0 Å². The van der Waals surface area contributed by atoms with Gasteiger partial charge >= 0.3 is 0 Å². The van der Waals surface area contributed by atoms with Gasteiger partial charge in [0.05, 0.1) is 0 Å². The van der Waals surface area contributed by atoms with Crippen LogP contribution in [0.3, 0.4) is 0 Å². The van der Waals surface area contributed by atoms with Crippen LogP contribution >= 0.6 is 0 Å². The van der Waals surface area contributed by atoms with Crippen LogP contribution in [-0.2, 0) is 16.8 Å². The summed E-state index contributed by atoms with van der Waals surface area (Å²) in [5.74, 6) is 0.243. The quantitative estimate of drug-likeness (QED) is 0.856. The van der Waals surface area contributed by atoms with Gasteiger partial charge in [-0.05, 0) is 55.5 Å². The third-order valence-corrected chi connectivity index (χ3v) is 6.36. The van der Waals surface area contributed by atoms with E-state index in [1.54, 1.807) is 30.5 Å². The second-order valence-corrected chi connectivity index (χ2v) is 8.48. The molecule has 0 aliphatic carbocycles. The van der Waals surface area contributed by atoms with Crippen molar-refractivity contribution in [3.8, 4) is 0 Å². The average Bonchev–Trinajstić information content (AvgIpc) is 2.51. The van der Waals surface area contributed by atoms with Gasteiger partial charge in [-0.1, -0.05) is 6.07 Å². The monoisotopic (exact) mass is 343 g/mol. The van der Waals surface area contributed by atoms with Crippen LogP contribution in [0.2, 0.25) is 0 Å². The largest absolute Gasteiger partial charge is 0.312 e. The van der Waals surface area contributed by atoms with Gasteiger partial charge in [-0.3, -0.25) is 0 Å². The number of hydrogen-bond donors (Lipinski definition) is 1. The van der Waals surface area contributed by atoms with E-state index in [-0.39, 0.29) is 5.82 Å². The fraction of sp³-hybridized carbons (Fsp3) is 0.625. The smallest absolute Gasteiger partial charge is 0.281 e. The van der Waals surface area contributed by atoms with E-state index in [0.717, 1.165) is 30.5 Å². The summed E-state index contributed by atoms with van der Waals surface area (Å²) >= 11 is 0. The lowest BCUT2D eigenvalue weighted by Gasteiger charge is -2.32. The topological polar surface area (TPSA) is 52.7 Å². The number of piperidine rings is 1. The zero-order valence-electron chi connectivity index (χ0n) is 14.0. The Labute approximate surface area is 138 Å². The molecule has 130 valence electrons. The lowest BCUT2D eigenvalue weighted by molar-refractivity contribution is 0.257. The van der Waals surface area contributed by atoms with Crippen molar-refractivity contribution < 1.29 is 12.8 Å². The summed E-state index contributed by atoms with van der Waals surface area (Å²) in [4.78, 5) is 0. The first kappa shape index (κ1) is 18.3. The molecule has 0 radical (unpaired) electrons. The number of benzene rings is 1. The molecule has 1 fully saturated rings. The fourth-order valence-corrected chi connectivity index (χ4v) is 3.95. The first-order valence-electron chi connectivity index (χ1n) is 7.94. The molecule has 7 heteroatoms. The van der Waals surface area contributed by atoms with Gasteiger partial charge in [0.15, 0.2) is 0 Å². The van der Waals surface area contributed by atoms with Crippen molar-refractivity contribution in [2.75, 3.05) is 33.7 Å². The molecule has 5 nitrogen and oxygen atoms in total. The zero-order valence-corrected chi connectivity index (χ0v) is 14.9. The second kappa shape index (κ2) is 7.70. The molecule has 1 aromatic carbocycles. The molecule has 2 rings (SSSR count). The summed E-state index contributed by atoms with van der Waals surface area (Å²) in [5.41, 5.74) is 2.04. The Hall–Kier alpha value is -1.02. The van der Waals surface area contributed by atoms with Crippen LogP contribution in [0, 0.1) is 18.7 Å². The van der Waals surface area contributed by atoms with E-state index in [2.05, 4.69) is 5.32 Å². The Morgan fingerprint density at radius 3 is 2.57 bits per heavy atom. The third kappa shape index (κ3) is 4.73. The van der Waals surface area contributed by atoms with Crippen LogP contribution in [0.1, 0.15) is 24.0 Å². The standard InChI is InChI=1S/C16H26FN3O2S/c1-13-4-5-16(17)10-15(13)12-18-11-14-6-8-20(9-7-14)23(21,22)19(2)3/h4-5,10,14,18H,6-9,11-12H2,1-3H3. The van der Waals surface area contributed by atoms with Crippen molar-refractivity contribution in [3.63, 3.8) is 0 Å². The molecule has 0 amide bonds. The Morgan fingerprint density at radius 1 is 1.30 bits per heavy atom. The minimum atomic E-state index is -3.29. The molecular formula is C16H26FN3O2S. The summed E-state index contributed by atoms with van der Waals surface area (Å²) in [7, 11) is -0.173. The molecule has 1 aliphatic heterocycles. The molecule has 0 aromatic heterocycles. The van der Waals surface area contributed by atoms with E-state index >= 15 is 0 Å². The summed E-state index contributed by atoms with van der Waals surface area (Å²) in [6.45, 7) is 4.56. The predicted molar refractivity (Wildman–Crippen MR) is 89.7 cm³/mol. The first-order valence-corrected chi connectivity index (χ1v) is 9.33. The summed E-state index contributed by atoms with van der Waals surface area (Å²) in [6.07, 6.45) is 1.70. The van der Waals surface area contributed by atoms with E-state index in [9.17, 15) is 12.8 Å². The van der Waals surface area contributed by atoms with Gasteiger partial charge in [0.25, 0.3) is 10.2 Å². The molecule has 0 spiro atoms. The van der Waals surface area contributed by atoms with Crippen LogP contribution in [0.15, 0.2) is 18.2 Å². The zero-order chi connectivity index (χ0) is 17.0. The summed E-state index contributed by atoms with van der Waals surface area (Å²) in [6, 6.07) is 4.82. The minimum absolute atomic E-state index is 0.213. The van der Waals surface area contributed by atoms with Crippen molar-refractivity contribution in [3.05, 3.63) is 35.1 Å². The molecule has 1 aliphatic rings. The number of hydrogen-bond acceptors (Lipinski definition) is 3. The van der Waals surface area contributed by atoms with Crippen LogP contribution in [-0.4, -0.2) is 50.8 Å². The highest BCUT2D eigenvalue weighted by molar-refractivity contribution is 7.86. The fourth-order valence-electron chi connectivity index (χ4n) is 2.82. The predicted octanol–water partition coefficient (Wildman–Crippen LogP) is 1.74. The highest BCUT2D eigenvalue weighted by atomic mass is 32.2. The van der Waals surface area contributed by atoms with Gasteiger partial charge in [0, 0.05) is 33.7 Å². The number of halogens is 1. The molecule has 0 saturated carbocycles. The van der Waals surface area contributed by atoms with Crippen molar-refractivity contribution >= 4 is 10.2 Å². The van der Waals surface area contributed by atoms with E-state index in [1.165, 1.54) is 10.4 Å². The molecule has 0 atom stereocenters. The van der Waals surface area contributed by atoms with Crippen molar-refractivity contribution in [1.82, 2.24) is 13.9 Å². The molecule has 0 unspecified atom stereocenters. The van der Waals surface area contributed by atoms with Crippen LogP contribution < -0.4 is 5.32 Å².